The van der Waals surface area contributed by atoms with Gasteiger partial charge >= 0.3 is 6.09 Å². The fraction of sp³-hybridized carbons (Fsp3) is 0.600. The molecule has 0 aliphatic carbocycles. The topological polar surface area (TPSA) is 46.6 Å². The molecule has 0 radical (unpaired) electrons. The summed E-state index contributed by atoms with van der Waals surface area (Å²) in [5, 5.41) is 0. The van der Waals surface area contributed by atoms with E-state index in [0.717, 1.165) is 11.3 Å². The molecule has 0 heterocycles. The van der Waals surface area contributed by atoms with Crippen LogP contribution in [0.25, 0.3) is 0 Å². The Kier molecular flexibility index (Phi) is 7.12. The SMILES string of the molecule is C=CC(CCC)N(C(=O)/C=C/C)C(=O)OC(C)(C)C. The molecule has 0 aliphatic rings. The van der Waals surface area contributed by atoms with Crippen LogP contribution in [0.2, 0.25) is 0 Å². The van der Waals surface area contributed by atoms with Gasteiger partial charge in [0.15, 0.2) is 0 Å². The summed E-state index contributed by atoms with van der Waals surface area (Å²) >= 11 is 0. The molecule has 2 amide bonds. The first-order chi connectivity index (χ1) is 8.76. The van der Waals surface area contributed by atoms with Crippen LogP contribution in [-0.4, -0.2) is 28.5 Å². The molecule has 0 aromatic carbocycles. The Hall–Kier alpha value is -1.58. The third kappa shape index (κ3) is 6.22. The van der Waals surface area contributed by atoms with Gasteiger partial charge in [0.1, 0.15) is 5.60 Å². The Morgan fingerprint density at radius 2 is 1.95 bits per heavy atom. The van der Waals surface area contributed by atoms with Crippen LogP contribution in [0.15, 0.2) is 24.8 Å². The minimum absolute atomic E-state index is 0.344. The van der Waals surface area contributed by atoms with Crippen LogP contribution < -0.4 is 0 Å². The van der Waals surface area contributed by atoms with E-state index in [1.54, 1.807) is 39.8 Å². The van der Waals surface area contributed by atoms with Gasteiger partial charge in [-0.25, -0.2) is 9.69 Å². The highest BCUT2D eigenvalue weighted by atomic mass is 16.6. The number of amides is 2. The first-order valence-electron chi connectivity index (χ1n) is 6.58. The molecule has 0 bridgehead atoms. The Labute approximate surface area is 116 Å². The maximum Gasteiger partial charge on any atom is 0.417 e. The number of carbonyl (C=O) groups is 2. The zero-order chi connectivity index (χ0) is 15.1. The highest BCUT2D eigenvalue weighted by Crippen LogP contribution is 2.16. The summed E-state index contributed by atoms with van der Waals surface area (Å²) < 4.78 is 5.28. The smallest absolute Gasteiger partial charge is 0.417 e. The van der Waals surface area contributed by atoms with E-state index < -0.39 is 11.7 Å². The number of imide groups is 1. The van der Waals surface area contributed by atoms with Gasteiger partial charge in [0, 0.05) is 0 Å². The molecule has 0 N–H and O–H groups in total. The largest absolute Gasteiger partial charge is 0.443 e. The molecule has 4 nitrogen and oxygen atoms in total. The van der Waals surface area contributed by atoms with E-state index in [4.69, 9.17) is 4.74 Å². The molecule has 0 aliphatic heterocycles. The van der Waals surface area contributed by atoms with Crippen molar-refractivity contribution in [2.24, 2.45) is 0 Å². The molecule has 0 saturated carbocycles. The predicted molar refractivity (Wildman–Crippen MR) is 76.8 cm³/mol. The van der Waals surface area contributed by atoms with Gasteiger partial charge in [0.2, 0.25) is 0 Å². The lowest BCUT2D eigenvalue weighted by Crippen LogP contribution is -2.45. The van der Waals surface area contributed by atoms with Gasteiger partial charge in [-0.2, -0.15) is 0 Å². The summed E-state index contributed by atoms with van der Waals surface area (Å²) in [5.74, 6) is -0.380. The van der Waals surface area contributed by atoms with Gasteiger partial charge in [-0.3, -0.25) is 4.79 Å². The molecule has 19 heavy (non-hydrogen) atoms. The van der Waals surface area contributed by atoms with Crippen LogP contribution in [-0.2, 0) is 9.53 Å². The van der Waals surface area contributed by atoms with Crippen LogP contribution in [0.3, 0.4) is 0 Å². The maximum absolute atomic E-state index is 12.2. The van der Waals surface area contributed by atoms with Gasteiger partial charge in [-0.05, 0) is 40.2 Å². The molecule has 0 aromatic heterocycles. The number of allylic oxidation sites excluding steroid dienone is 1. The standard InChI is InChI=1S/C15H25NO3/c1-7-10-12(9-3)16(13(17)11-8-2)14(18)19-15(4,5)6/h8-9,11-12H,3,7,10H2,1-2,4-6H3/b11-8+. The Morgan fingerprint density at radius 3 is 2.32 bits per heavy atom. The molecule has 4 heteroatoms. The van der Waals surface area contributed by atoms with Crippen molar-refractivity contribution in [1.29, 1.82) is 0 Å². The van der Waals surface area contributed by atoms with Crippen molar-refractivity contribution in [3.63, 3.8) is 0 Å². The van der Waals surface area contributed by atoms with Crippen molar-refractivity contribution in [2.45, 2.75) is 59.1 Å². The van der Waals surface area contributed by atoms with E-state index in [1.807, 2.05) is 6.92 Å². The summed E-state index contributed by atoms with van der Waals surface area (Å²) in [6.45, 7) is 12.7. The van der Waals surface area contributed by atoms with E-state index in [0.29, 0.717) is 6.42 Å². The first-order valence-corrected chi connectivity index (χ1v) is 6.58. The lowest BCUT2D eigenvalue weighted by molar-refractivity contribution is -0.126. The highest BCUT2D eigenvalue weighted by Gasteiger charge is 2.30. The third-order valence-corrected chi connectivity index (χ3v) is 2.33. The summed E-state index contributed by atoms with van der Waals surface area (Å²) in [6, 6.07) is -0.344. The second-order valence-corrected chi connectivity index (χ2v) is 5.28. The quantitative estimate of drug-likeness (QED) is 0.564. The molecule has 1 atom stereocenters. The third-order valence-electron chi connectivity index (χ3n) is 2.33. The summed E-state index contributed by atoms with van der Waals surface area (Å²) in [4.78, 5) is 25.3. The molecule has 0 saturated heterocycles. The lowest BCUT2D eigenvalue weighted by Gasteiger charge is -2.29. The molecular formula is C15H25NO3. The highest BCUT2D eigenvalue weighted by molar-refractivity contribution is 5.99. The number of nitrogens with zero attached hydrogens (tertiary/aromatic N) is 1. The minimum atomic E-state index is -0.635. The number of hydrogen-bond acceptors (Lipinski definition) is 3. The van der Waals surface area contributed by atoms with Crippen molar-refractivity contribution >= 4 is 12.0 Å². The Bertz CT molecular complexity index is 353. The van der Waals surface area contributed by atoms with Gasteiger partial charge in [-0.15, -0.1) is 6.58 Å². The number of rotatable bonds is 5. The first kappa shape index (κ1) is 17.4. The average molecular weight is 267 g/mol. The van der Waals surface area contributed by atoms with Crippen molar-refractivity contribution in [3.05, 3.63) is 24.8 Å². The zero-order valence-electron chi connectivity index (χ0n) is 12.6. The molecule has 0 rings (SSSR count). The minimum Gasteiger partial charge on any atom is -0.443 e. The van der Waals surface area contributed by atoms with Crippen LogP contribution in [0.5, 0.6) is 0 Å². The van der Waals surface area contributed by atoms with Crippen LogP contribution in [0.4, 0.5) is 4.79 Å². The second kappa shape index (κ2) is 7.77. The van der Waals surface area contributed by atoms with E-state index in [-0.39, 0.29) is 11.9 Å². The molecule has 1 unspecified atom stereocenters. The summed E-state index contributed by atoms with van der Waals surface area (Å²) in [6.07, 6.45) is 5.45. The van der Waals surface area contributed by atoms with Crippen LogP contribution in [0.1, 0.15) is 47.5 Å². The molecular weight excluding hydrogens is 242 g/mol. The lowest BCUT2D eigenvalue weighted by atomic mass is 10.1. The van der Waals surface area contributed by atoms with Gasteiger partial charge < -0.3 is 4.74 Å². The molecule has 0 spiro atoms. The fourth-order valence-electron chi connectivity index (χ4n) is 1.57. The van der Waals surface area contributed by atoms with Crippen molar-refractivity contribution in [1.82, 2.24) is 4.90 Å². The van der Waals surface area contributed by atoms with Crippen LogP contribution in [0, 0.1) is 0 Å². The zero-order valence-corrected chi connectivity index (χ0v) is 12.6. The van der Waals surface area contributed by atoms with Gasteiger partial charge in [-0.1, -0.05) is 25.5 Å². The van der Waals surface area contributed by atoms with Crippen molar-refractivity contribution in [3.8, 4) is 0 Å². The Balaban J connectivity index is 5.20. The second-order valence-electron chi connectivity index (χ2n) is 5.28. The van der Waals surface area contributed by atoms with Crippen molar-refractivity contribution in [2.75, 3.05) is 0 Å². The number of carbonyl (C=O) groups excluding carboxylic acids is 2. The van der Waals surface area contributed by atoms with E-state index in [1.165, 1.54) is 6.08 Å². The predicted octanol–water partition coefficient (Wildman–Crippen LogP) is 3.68. The maximum atomic E-state index is 12.2. The Morgan fingerprint density at radius 1 is 1.37 bits per heavy atom. The number of hydrogen-bond donors (Lipinski definition) is 0. The average Bonchev–Trinajstić information content (AvgIpc) is 2.26. The van der Waals surface area contributed by atoms with Gasteiger partial charge in [0.25, 0.3) is 5.91 Å². The number of ether oxygens (including phenoxy) is 1. The van der Waals surface area contributed by atoms with E-state index in [2.05, 4.69) is 6.58 Å². The van der Waals surface area contributed by atoms with E-state index in [9.17, 15) is 9.59 Å². The monoisotopic (exact) mass is 267 g/mol. The van der Waals surface area contributed by atoms with Gasteiger partial charge in [0.05, 0.1) is 6.04 Å². The molecule has 108 valence electrons. The van der Waals surface area contributed by atoms with E-state index >= 15 is 0 Å². The molecule has 0 fully saturated rings. The summed E-state index contributed by atoms with van der Waals surface area (Å²) in [7, 11) is 0. The van der Waals surface area contributed by atoms with Crippen LogP contribution >= 0.6 is 0 Å². The normalized spacial score (nSPS) is 13.1. The molecule has 0 aromatic rings. The summed E-state index contributed by atoms with van der Waals surface area (Å²) in [5.41, 5.74) is -0.635. The van der Waals surface area contributed by atoms with Crippen molar-refractivity contribution < 1.29 is 14.3 Å². The fourth-order valence-corrected chi connectivity index (χ4v) is 1.57.